The Bertz CT molecular complexity index is 1010. The standard InChI is InChI=1S/C21H23N5O3S/c1-3-13-25(14-4-2)21-22-19(15-5-11-18(27)12-6-15)20(30-21)24-23-16-7-9-17(10-8-16)26(28)29/h5-12,27H,3-4,13-14H2,1-2H3. The first kappa shape index (κ1) is 21.4. The molecule has 0 fully saturated rings. The highest BCUT2D eigenvalue weighted by molar-refractivity contribution is 7.19. The number of aromatic nitrogens is 1. The van der Waals surface area contributed by atoms with Gasteiger partial charge in [-0.3, -0.25) is 10.1 Å². The minimum absolute atomic E-state index is 0.00795. The number of nitro groups is 1. The number of benzene rings is 2. The van der Waals surface area contributed by atoms with Crippen molar-refractivity contribution in [2.45, 2.75) is 26.7 Å². The monoisotopic (exact) mass is 425 g/mol. The third-order valence-corrected chi connectivity index (χ3v) is 5.31. The molecule has 0 saturated carbocycles. The summed E-state index contributed by atoms with van der Waals surface area (Å²) in [6.07, 6.45) is 2.02. The minimum atomic E-state index is -0.449. The number of phenols is 1. The Balaban J connectivity index is 1.97. The highest BCUT2D eigenvalue weighted by Crippen LogP contribution is 2.41. The lowest BCUT2D eigenvalue weighted by molar-refractivity contribution is -0.384. The van der Waals surface area contributed by atoms with Gasteiger partial charge in [-0.25, -0.2) is 4.98 Å². The second-order valence-electron chi connectivity index (χ2n) is 6.66. The summed E-state index contributed by atoms with van der Waals surface area (Å²) in [5.41, 5.74) is 2.05. The molecular formula is C21H23N5O3S. The van der Waals surface area contributed by atoms with Gasteiger partial charge in [-0.15, -0.1) is 10.2 Å². The van der Waals surface area contributed by atoms with Crippen molar-refractivity contribution in [3.05, 3.63) is 58.6 Å². The molecule has 0 aliphatic rings. The molecule has 0 aliphatic carbocycles. The third kappa shape index (κ3) is 5.18. The van der Waals surface area contributed by atoms with Gasteiger partial charge in [-0.05, 0) is 49.2 Å². The Morgan fingerprint density at radius 1 is 1.03 bits per heavy atom. The molecule has 30 heavy (non-hydrogen) atoms. The molecule has 0 amide bonds. The van der Waals surface area contributed by atoms with Gasteiger partial charge in [0, 0.05) is 30.8 Å². The predicted octanol–water partition coefficient (Wildman–Crippen LogP) is 6.47. The van der Waals surface area contributed by atoms with Gasteiger partial charge in [0.1, 0.15) is 11.4 Å². The van der Waals surface area contributed by atoms with Crippen LogP contribution in [0.15, 0.2) is 58.8 Å². The quantitative estimate of drug-likeness (QED) is 0.240. The van der Waals surface area contributed by atoms with E-state index < -0.39 is 4.92 Å². The van der Waals surface area contributed by atoms with E-state index in [-0.39, 0.29) is 11.4 Å². The number of thiazole rings is 1. The largest absolute Gasteiger partial charge is 0.508 e. The van der Waals surface area contributed by atoms with Crippen LogP contribution in [-0.4, -0.2) is 28.1 Å². The molecule has 1 heterocycles. The van der Waals surface area contributed by atoms with E-state index in [9.17, 15) is 15.2 Å². The summed E-state index contributed by atoms with van der Waals surface area (Å²) in [5.74, 6) is 0.182. The topological polar surface area (TPSA) is 104 Å². The molecule has 2 aromatic carbocycles. The van der Waals surface area contributed by atoms with Crippen LogP contribution in [0.5, 0.6) is 5.75 Å². The molecule has 0 atom stereocenters. The lowest BCUT2D eigenvalue weighted by Crippen LogP contribution is -2.24. The highest BCUT2D eigenvalue weighted by atomic mass is 32.1. The van der Waals surface area contributed by atoms with Crippen LogP contribution >= 0.6 is 11.3 Å². The normalized spacial score (nSPS) is 11.1. The van der Waals surface area contributed by atoms with Crippen molar-refractivity contribution in [1.29, 1.82) is 0 Å². The number of hydrogen-bond donors (Lipinski definition) is 1. The van der Waals surface area contributed by atoms with Gasteiger partial charge in [-0.1, -0.05) is 25.2 Å². The van der Waals surface area contributed by atoms with Crippen molar-refractivity contribution < 1.29 is 10.0 Å². The zero-order valence-electron chi connectivity index (χ0n) is 16.9. The maximum Gasteiger partial charge on any atom is 0.269 e. The summed E-state index contributed by atoms with van der Waals surface area (Å²) in [4.78, 5) is 17.4. The number of hydrogen-bond acceptors (Lipinski definition) is 8. The number of rotatable bonds is 9. The molecule has 0 aliphatic heterocycles. The van der Waals surface area contributed by atoms with Gasteiger partial charge in [-0.2, -0.15) is 0 Å². The van der Waals surface area contributed by atoms with E-state index >= 15 is 0 Å². The van der Waals surface area contributed by atoms with Crippen molar-refractivity contribution in [2.75, 3.05) is 18.0 Å². The summed E-state index contributed by atoms with van der Waals surface area (Å²) in [6, 6.07) is 12.7. The number of phenolic OH excluding ortho intramolecular Hbond substituents is 1. The van der Waals surface area contributed by atoms with E-state index in [2.05, 4.69) is 29.0 Å². The number of nitrogens with zero attached hydrogens (tertiary/aromatic N) is 5. The first-order chi connectivity index (χ1) is 14.5. The molecule has 3 aromatic rings. The summed E-state index contributed by atoms with van der Waals surface area (Å²) in [7, 11) is 0. The molecular weight excluding hydrogens is 402 g/mol. The zero-order chi connectivity index (χ0) is 21.5. The molecule has 0 bridgehead atoms. The fourth-order valence-corrected chi connectivity index (χ4v) is 3.86. The summed E-state index contributed by atoms with van der Waals surface area (Å²) in [6.45, 7) is 6.06. The summed E-state index contributed by atoms with van der Waals surface area (Å²) in [5, 5.41) is 30.6. The van der Waals surface area contributed by atoms with Gasteiger partial charge >= 0.3 is 0 Å². The van der Waals surface area contributed by atoms with E-state index in [1.807, 2.05) is 0 Å². The Kier molecular flexibility index (Phi) is 7.08. The molecule has 3 rings (SSSR count). The van der Waals surface area contributed by atoms with Crippen LogP contribution in [0.4, 0.5) is 21.5 Å². The average Bonchev–Trinajstić information content (AvgIpc) is 3.17. The van der Waals surface area contributed by atoms with Crippen LogP contribution in [0.1, 0.15) is 26.7 Å². The van der Waals surface area contributed by atoms with Crippen molar-refractivity contribution in [1.82, 2.24) is 4.98 Å². The fourth-order valence-electron chi connectivity index (χ4n) is 2.90. The number of aromatic hydroxyl groups is 1. The van der Waals surface area contributed by atoms with E-state index in [1.54, 1.807) is 36.4 Å². The van der Waals surface area contributed by atoms with Crippen LogP contribution in [0.3, 0.4) is 0 Å². The Morgan fingerprint density at radius 2 is 1.67 bits per heavy atom. The SMILES string of the molecule is CCCN(CCC)c1nc(-c2ccc(O)cc2)c(N=Nc2ccc([N+](=O)[O-])cc2)s1. The van der Waals surface area contributed by atoms with Gasteiger partial charge < -0.3 is 10.0 Å². The first-order valence-corrected chi connectivity index (χ1v) is 10.5. The van der Waals surface area contributed by atoms with Gasteiger partial charge in [0.15, 0.2) is 10.1 Å². The van der Waals surface area contributed by atoms with Crippen LogP contribution < -0.4 is 4.90 Å². The highest BCUT2D eigenvalue weighted by Gasteiger charge is 2.17. The second-order valence-corrected chi connectivity index (χ2v) is 7.61. The lowest BCUT2D eigenvalue weighted by atomic mass is 10.1. The van der Waals surface area contributed by atoms with Gasteiger partial charge in [0.2, 0.25) is 0 Å². The first-order valence-electron chi connectivity index (χ1n) is 9.73. The van der Waals surface area contributed by atoms with Gasteiger partial charge in [0.05, 0.1) is 10.6 Å². The van der Waals surface area contributed by atoms with E-state index in [0.29, 0.717) is 16.4 Å². The van der Waals surface area contributed by atoms with Crippen LogP contribution in [0.2, 0.25) is 0 Å². The Labute approximate surface area is 178 Å². The Hall–Kier alpha value is -3.33. The van der Waals surface area contributed by atoms with Crippen LogP contribution in [0.25, 0.3) is 11.3 Å². The smallest absolute Gasteiger partial charge is 0.269 e. The van der Waals surface area contributed by atoms with E-state index in [0.717, 1.165) is 36.6 Å². The zero-order valence-corrected chi connectivity index (χ0v) is 17.7. The molecule has 8 nitrogen and oxygen atoms in total. The van der Waals surface area contributed by atoms with Crippen molar-refractivity contribution in [3.63, 3.8) is 0 Å². The number of anilines is 1. The average molecular weight is 426 g/mol. The van der Waals surface area contributed by atoms with E-state index in [4.69, 9.17) is 4.98 Å². The van der Waals surface area contributed by atoms with E-state index in [1.165, 1.54) is 23.5 Å². The van der Waals surface area contributed by atoms with Crippen molar-refractivity contribution >= 4 is 32.8 Å². The Morgan fingerprint density at radius 3 is 2.23 bits per heavy atom. The summed E-state index contributed by atoms with van der Waals surface area (Å²) >= 11 is 1.46. The maximum absolute atomic E-state index is 10.8. The third-order valence-electron chi connectivity index (χ3n) is 4.31. The molecule has 0 spiro atoms. The molecule has 0 unspecified atom stereocenters. The van der Waals surface area contributed by atoms with Crippen molar-refractivity contribution in [3.8, 4) is 17.0 Å². The number of nitro benzene ring substituents is 1. The molecule has 1 N–H and O–H groups in total. The minimum Gasteiger partial charge on any atom is -0.508 e. The van der Waals surface area contributed by atoms with Crippen LogP contribution in [-0.2, 0) is 0 Å². The molecule has 0 saturated heterocycles. The number of azo groups is 1. The number of non-ortho nitro benzene ring substituents is 1. The molecule has 9 heteroatoms. The fraction of sp³-hybridized carbons (Fsp3) is 0.286. The van der Waals surface area contributed by atoms with Crippen molar-refractivity contribution in [2.24, 2.45) is 10.2 Å². The molecule has 1 aromatic heterocycles. The second kappa shape index (κ2) is 9.93. The van der Waals surface area contributed by atoms with Crippen LogP contribution in [0, 0.1) is 10.1 Å². The lowest BCUT2D eigenvalue weighted by Gasteiger charge is -2.19. The van der Waals surface area contributed by atoms with Gasteiger partial charge in [0.25, 0.3) is 5.69 Å². The molecule has 0 radical (unpaired) electrons. The maximum atomic E-state index is 10.8. The predicted molar refractivity (Wildman–Crippen MR) is 119 cm³/mol. The molecule has 156 valence electrons. The summed E-state index contributed by atoms with van der Waals surface area (Å²) < 4.78 is 0.